The van der Waals surface area contributed by atoms with Crippen molar-refractivity contribution in [3.8, 4) is 10.6 Å². The molecule has 40 heavy (non-hydrogen) atoms. The standard InChI is InChI=1S/C27H35N5O5S3/c1-3-30(21(2)17-22-8-9-23(18-25(22)39(34)35)27-29-11-16-38-27)12-4-5-13-31-14-15-32(20-26(31)33)40(36,37)24-7-6-10-28-19-24/h6-11,16,18-19,21H,3-5,12-15,17,20H2,1-2H3,(H,34,35). The van der Waals surface area contributed by atoms with Crippen molar-refractivity contribution in [1.82, 2.24) is 24.1 Å². The Hall–Kier alpha value is -2.55. The van der Waals surface area contributed by atoms with Crippen LogP contribution in [-0.4, -0.2) is 92.5 Å². The van der Waals surface area contributed by atoms with E-state index in [-0.39, 0.29) is 29.9 Å². The average molecular weight is 606 g/mol. The number of piperazine rings is 1. The Balaban J connectivity index is 1.26. The van der Waals surface area contributed by atoms with E-state index in [1.165, 1.54) is 34.1 Å². The van der Waals surface area contributed by atoms with Gasteiger partial charge in [-0.3, -0.25) is 9.78 Å². The number of nitrogens with zero attached hydrogens (tertiary/aromatic N) is 5. The average Bonchev–Trinajstić information content (AvgIpc) is 3.49. The first-order valence-corrected chi connectivity index (χ1v) is 16.7. The van der Waals surface area contributed by atoms with Crippen molar-refractivity contribution in [2.45, 2.75) is 48.9 Å². The summed E-state index contributed by atoms with van der Waals surface area (Å²) in [5.41, 5.74) is 1.68. The maximum atomic E-state index is 12.8. The van der Waals surface area contributed by atoms with E-state index in [9.17, 15) is 22.0 Å². The number of thiazole rings is 1. The summed E-state index contributed by atoms with van der Waals surface area (Å²) in [6.45, 7) is 6.92. The number of hydrogen-bond acceptors (Lipinski definition) is 8. The third-order valence-electron chi connectivity index (χ3n) is 7.16. The molecule has 2 aromatic heterocycles. The van der Waals surface area contributed by atoms with Crippen LogP contribution in [0.25, 0.3) is 10.6 Å². The molecule has 1 fully saturated rings. The molecule has 10 nitrogen and oxygen atoms in total. The molecule has 0 saturated carbocycles. The number of likely N-dealkylation sites (N-methyl/N-ethyl adjacent to an activating group) is 1. The summed E-state index contributed by atoms with van der Waals surface area (Å²) >= 11 is -0.609. The quantitative estimate of drug-likeness (QED) is 0.232. The molecule has 3 heterocycles. The molecule has 4 rings (SSSR count). The van der Waals surface area contributed by atoms with Gasteiger partial charge < -0.3 is 14.4 Å². The normalized spacial score (nSPS) is 16.4. The van der Waals surface area contributed by atoms with E-state index in [1.807, 2.05) is 17.5 Å². The van der Waals surface area contributed by atoms with Crippen molar-refractivity contribution in [3.63, 3.8) is 0 Å². The number of pyridine rings is 1. The largest absolute Gasteiger partial charge is 0.340 e. The van der Waals surface area contributed by atoms with Crippen molar-refractivity contribution >= 4 is 38.3 Å². The number of unbranched alkanes of at least 4 members (excludes halogenated alkanes) is 1. The lowest BCUT2D eigenvalue weighted by Crippen LogP contribution is -2.52. The molecule has 0 radical (unpaired) electrons. The fraction of sp³-hybridized carbons (Fsp3) is 0.444. The van der Waals surface area contributed by atoms with Crippen molar-refractivity contribution in [3.05, 3.63) is 59.9 Å². The number of rotatable bonds is 13. The van der Waals surface area contributed by atoms with E-state index >= 15 is 0 Å². The monoisotopic (exact) mass is 605 g/mol. The fourth-order valence-electron chi connectivity index (χ4n) is 4.92. The van der Waals surface area contributed by atoms with Crippen molar-refractivity contribution in [1.29, 1.82) is 0 Å². The fourth-order valence-corrected chi connectivity index (χ4v) is 7.50. The molecule has 1 amide bonds. The van der Waals surface area contributed by atoms with Gasteiger partial charge in [-0.15, -0.1) is 11.3 Å². The smallest absolute Gasteiger partial charge is 0.245 e. The highest BCUT2D eigenvalue weighted by Gasteiger charge is 2.32. The van der Waals surface area contributed by atoms with Gasteiger partial charge >= 0.3 is 0 Å². The van der Waals surface area contributed by atoms with Gasteiger partial charge in [-0.05, 0) is 63.0 Å². The van der Waals surface area contributed by atoms with Gasteiger partial charge in [0, 0.05) is 55.2 Å². The first kappa shape index (κ1) is 30.4. The highest BCUT2D eigenvalue weighted by molar-refractivity contribution is 7.89. The minimum Gasteiger partial charge on any atom is -0.340 e. The van der Waals surface area contributed by atoms with Crippen LogP contribution in [-0.2, 0) is 32.3 Å². The summed E-state index contributed by atoms with van der Waals surface area (Å²) in [6.07, 6.45) is 6.85. The Bertz CT molecular complexity index is 1400. The van der Waals surface area contributed by atoms with Crippen LogP contribution in [0.4, 0.5) is 0 Å². The van der Waals surface area contributed by atoms with Crippen LogP contribution in [0.5, 0.6) is 0 Å². The van der Waals surface area contributed by atoms with Crippen LogP contribution in [0.1, 0.15) is 32.3 Å². The van der Waals surface area contributed by atoms with Crippen molar-refractivity contribution in [2.24, 2.45) is 0 Å². The van der Waals surface area contributed by atoms with E-state index in [4.69, 9.17) is 0 Å². The number of sulfonamides is 1. The van der Waals surface area contributed by atoms with Crippen LogP contribution in [0.2, 0.25) is 0 Å². The molecule has 13 heteroatoms. The lowest BCUT2D eigenvalue weighted by Gasteiger charge is -2.34. The number of aromatic nitrogens is 2. The lowest BCUT2D eigenvalue weighted by atomic mass is 10.0. The Morgan fingerprint density at radius 2 is 2.02 bits per heavy atom. The molecule has 1 N–H and O–H groups in total. The van der Waals surface area contributed by atoms with Crippen LogP contribution in [0.15, 0.2) is 64.1 Å². The third-order valence-corrected chi connectivity index (χ3v) is 10.6. The highest BCUT2D eigenvalue weighted by Crippen LogP contribution is 2.27. The van der Waals surface area contributed by atoms with Gasteiger partial charge in [0.1, 0.15) is 9.90 Å². The van der Waals surface area contributed by atoms with Crippen LogP contribution in [0, 0.1) is 0 Å². The van der Waals surface area contributed by atoms with Gasteiger partial charge in [0.15, 0.2) is 11.1 Å². The van der Waals surface area contributed by atoms with Gasteiger partial charge in [0.05, 0.1) is 11.4 Å². The summed E-state index contributed by atoms with van der Waals surface area (Å²) in [7, 11) is -3.74. The second-order valence-electron chi connectivity index (χ2n) is 9.71. The summed E-state index contributed by atoms with van der Waals surface area (Å²) < 4.78 is 48.9. The molecule has 1 aliphatic rings. The Morgan fingerprint density at radius 3 is 2.67 bits per heavy atom. The van der Waals surface area contributed by atoms with E-state index < -0.39 is 21.1 Å². The van der Waals surface area contributed by atoms with Gasteiger partial charge in [0.25, 0.3) is 0 Å². The van der Waals surface area contributed by atoms with Crippen molar-refractivity contribution in [2.75, 3.05) is 39.3 Å². The molecule has 2 unspecified atom stereocenters. The summed E-state index contributed by atoms with van der Waals surface area (Å²) in [5, 5.41) is 2.70. The zero-order chi connectivity index (χ0) is 28.7. The number of carbonyl (C=O) groups is 1. The minimum absolute atomic E-state index is 0.0952. The van der Waals surface area contributed by atoms with Gasteiger partial charge in [-0.25, -0.2) is 17.6 Å². The first-order chi connectivity index (χ1) is 19.2. The van der Waals surface area contributed by atoms with E-state index in [1.54, 1.807) is 23.2 Å². The second-order valence-corrected chi connectivity index (χ2v) is 13.5. The zero-order valence-corrected chi connectivity index (χ0v) is 25.1. The SMILES string of the molecule is CCN(CCCCN1CCN(S(=O)(=O)c2cccnc2)CC1=O)C(C)Cc1ccc(-c2nccs2)cc1S(=O)O. The second kappa shape index (κ2) is 13.9. The summed E-state index contributed by atoms with van der Waals surface area (Å²) in [6, 6.07) is 8.84. The van der Waals surface area contributed by atoms with Crippen molar-refractivity contribution < 1.29 is 22.0 Å². The molecule has 0 bridgehead atoms. The lowest BCUT2D eigenvalue weighted by molar-refractivity contribution is -0.134. The molecule has 0 spiro atoms. The topological polar surface area (TPSA) is 124 Å². The maximum Gasteiger partial charge on any atom is 0.245 e. The Morgan fingerprint density at radius 1 is 1.20 bits per heavy atom. The molecular weight excluding hydrogens is 571 g/mol. The maximum absolute atomic E-state index is 12.8. The summed E-state index contributed by atoms with van der Waals surface area (Å²) in [5.74, 6) is -0.190. The molecule has 1 aliphatic heterocycles. The van der Waals surface area contributed by atoms with E-state index in [2.05, 4.69) is 28.7 Å². The Kier molecular flexibility index (Phi) is 10.6. The Labute approximate surface area is 242 Å². The number of hydrogen-bond donors (Lipinski definition) is 1. The molecule has 0 aliphatic carbocycles. The van der Waals surface area contributed by atoms with Crippen LogP contribution < -0.4 is 0 Å². The molecule has 2 atom stereocenters. The zero-order valence-electron chi connectivity index (χ0n) is 22.7. The molecule has 3 aromatic rings. The molecule has 1 aromatic carbocycles. The predicted molar refractivity (Wildman–Crippen MR) is 156 cm³/mol. The first-order valence-electron chi connectivity index (χ1n) is 13.3. The number of amides is 1. The molecule has 216 valence electrons. The summed E-state index contributed by atoms with van der Waals surface area (Å²) in [4.78, 5) is 25.5. The minimum atomic E-state index is -3.74. The highest BCUT2D eigenvalue weighted by atomic mass is 32.2. The molecule has 1 saturated heterocycles. The number of benzene rings is 1. The molecular formula is C27H35N5O5S3. The van der Waals surface area contributed by atoms with Gasteiger partial charge in [-0.2, -0.15) is 4.31 Å². The third kappa shape index (κ3) is 7.39. The predicted octanol–water partition coefficient (Wildman–Crippen LogP) is 3.35. The van der Waals surface area contributed by atoms with E-state index in [0.717, 1.165) is 42.1 Å². The van der Waals surface area contributed by atoms with Gasteiger partial charge in [-0.1, -0.05) is 19.1 Å². The van der Waals surface area contributed by atoms with Gasteiger partial charge in [0.2, 0.25) is 15.9 Å². The van der Waals surface area contributed by atoms with E-state index in [0.29, 0.717) is 24.4 Å². The van der Waals surface area contributed by atoms with Crippen LogP contribution in [0.3, 0.4) is 0 Å². The number of carbonyl (C=O) groups excluding carboxylic acids is 1. The van der Waals surface area contributed by atoms with Crippen LogP contribution >= 0.6 is 11.3 Å².